The van der Waals surface area contributed by atoms with Crippen LogP contribution in [-0.2, 0) is 4.74 Å². The van der Waals surface area contributed by atoms with Crippen LogP contribution in [0.5, 0.6) is 11.5 Å². The molecular formula is C12H12N2O5. The first-order chi connectivity index (χ1) is 9.13. The molecule has 0 bridgehead atoms. The van der Waals surface area contributed by atoms with Gasteiger partial charge in [0.1, 0.15) is 0 Å². The molecule has 0 fully saturated rings. The van der Waals surface area contributed by atoms with Crippen LogP contribution in [0.25, 0.3) is 11.3 Å². The maximum atomic E-state index is 11.2. The maximum Gasteiger partial charge on any atom is 0.414 e. The molecule has 0 atom stereocenters. The van der Waals surface area contributed by atoms with Crippen LogP contribution in [0.3, 0.4) is 0 Å². The van der Waals surface area contributed by atoms with Crippen LogP contribution in [0.2, 0.25) is 0 Å². The number of hydrogen-bond donors (Lipinski definition) is 3. The van der Waals surface area contributed by atoms with E-state index >= 15 is 0 Å². The molecular weight excluding hydrogens is 252 g/mol. The number of carbonyl (C=O) groups excluding carboxylic acids is 1. The summed E-state index contributed by atoms with van der Waals surface area (Å²) in [6.45, 7) is 1.81. The Labute approximate surface area is 108 Å². The molecule has 7 heteroatoms. The Morgan fingerprint density at radius 2 is 2.26 bits per heavy atom. The van der Waals surface area contributed by atoms with Gasteiger partial charge >= 0.3 is 6.09 Å². The summed E-state index contributed by atoms with van der Waals surface area (Å²) in [7, 11) is 0. The molecule has 2 heterocycles. The highest BCUT2D eigenvalue weighted by Crippen LogP contribution is 2.44. The highest BCUT2D eigenvalue weighted by atomic mass is 16.6. The second-order valence-corrected chi connectivity index (χ2v) is 3.54. The van der Waals surface area contributed by atoms with Gasteiger partial charge in [0.2, 0.25) is 17.4 Å². The number of rotatable bonds is 3. The largest absolute Gasteiger partial charge is 0.502 e. The molecule has 0 aromatic carbocycles. The van der Waals surface area contributed by atoms with Gasteiger partial charge in [0, 0.05) is 18.0 Å². The van der Waals surface area contributed by atoms with Gasteiger partial charge in [-0.05, 0) is 19.1 Å². The molecule has 1 amide bonds. The van der Waals surface area contributed by atoms with Crippen molar-refractivity contribution in [3.05, 3.63) is 24.5 Å². The van der Waals surface area contributed by atoms with Crippen LogP contribution in [0.4, 0.5) is 10.7 Å². The number of ether oxygens (including phenoxy) is 1. The number of pyridine rings is 1. The molecule has 0 radical (unpaired) electrons. The van der Waals surface area contributed by atoms with Crippen molar-refractivity contribution >= 4 is 12.0 Å². The lowest BCUT2D eigenvalue weighted by atomic mass is 10.2. The molecule has 0 aliphatic rings. The lowest BCUT2D eigenvalue weighted by Gasteiger charge is -2.01. The van der Waals surface area contributed by atoms with Crippen LogP contribution in [0.15, 0.2) is 28.9 Å². The Bertz CT molecular complexity index is 579. The second-order valence-electron chi connectivity index (χ2n) is 3.54. The van der Waals surface area contributed by atoms with E-state index in [1.807, 2.05) is 0 Å². The van der Waals surface area contributed by atoms with Gasteiger partial charge < -0.3 is 19.4 Å². The van der Waals surface area contributed by atoms with Gasteiger partial charge in [-0.15, -0.1) is 0 Å². The molecule has 2 rings (SSSR count). The van der Waals surface area contributed by atoms with Crippen molar-refractivity contribution in [1.29, 1.82) is 0 Å². The van der Waals surface area contributed by atoms with E-state index in [1.54, 1.807) is 25.3 Å². The molecule has 3 N–H and O–H groups in total. The smallest absolute Gasteiger partial charge is 0.414 e. The SMILES string of the molecule is CCOC(=O)Nc1oc(-c2cccnc2)c(O)c1O. The topological polar surface area (TPSA) is 105 Å². The van der Waals surface area contributed by atoms with E-state index in [9.17, 15) is 15.0 Å². The highest BCUT2D eigenvalue weighted by Gasteiger charge is 2.22. The van der Waals surface area contributed by atoms with E-state index in [0.29, 0.717) is 5.56 Å². The van der Waals surface area contributed by atoms with Crippen molar-refractivity contribution in [3.63, 3.8) is 0 Å². The van der Waals surface area contributed by atoms with E-state index in [-0.39, 0.29) is 18.3 Å². The summed E-state index contributed by atoms with van der Waals surface area (Å²) in [6, 6.07) is 3.28. The van der Waals surface area contributed by atoms with Gasteiger partial charge in [0.05, 0.1) is 6.61 Å². The first-order valence-electron chi connectivity index (χ1n) is 5.52. The van der Waals surface area contributed by atoms with E-state index in [1.165, 1.54) is 6.20 Å². The van der Waals surface area contributed by atoms with Crippen LogP contribution < -0.4 is 5.32 Å². The maximum absolute atomic E-state index is 11.2. The lowest BCUT2D eigenvalue weighted by Crippen LogP contribution is -2.12. The van der Waals surface area contributed by atoms with Crippen molar-refractivity contribution in [2.45, 2.75) is 6.92 Å². The Kier molecular flexibility index (Phi) is 3.56. The van der Waals surface area contributed by atoms with Crippen molar-refractivity contribution in [3.8, 4) is 22.8 Å². The van der Waals surface area contributed by atoms with Gasteiger partial charge in [0.25, 0.3) is 0 Å². The van der Waals surface area contributed by atoms with Gasteiger partial charge in [0.15, 0.2) is 5.76 Å². The monoisotopic (exact) mass is 264 g/mol. The van der Waals surface area contributed by atoms with E-state index in [0.717, 1.165) is 0 Å². The number of amides is 1. The summed E-state index contributed by atoms with van der Waals surface area (Å²) in [6.07, 6.45) is 2.22. The van der Waals surface area contributed by atoms with Crippen molar-refractivity contribution in [2.24, 2.45) is 0 Å². The van der Waals surface area contributed by atoms with Gasteiger partial charge in [-0.3, -0.25) is 10.3 Å². The molecule has 7 nitrogen and oxygen atoms in total. The third-order valence-corrected chi connectivity index (χ3v) is 2.27. The third-order valence-electron chi connectivity index (χ3n) is 2.27. The molecule has 0 aliphatic carbocycles. The normalized spacial score (nSPS) is 10.2. The van der Waals surface area contributed by atoms with Gasteiger partial charge in [-0.2, -0.15) is 0 Å². The molecule has 0 saturated heterocycles. The fraction of sp³-hybridized carbons (Fsp3) is 0.167. The summed E-state index contributed by atoms with van der Waals surface area (Å²) in [5.41, 5.74) is 0.465. The van der Waals surface area contributed by atoms with E-state index in [2.05, 4.69) is 15.0 Å². The van der Waals surface area contributed by atoms with Crippen molar-refractivity contribution < 1.29 is 24.2 Å². The number of aromatic nitrogens is 1. The fourth-order valence-corrected chi connectivity index (χ4v) is 1.45. The summed E-state index contributed by atoms with van der Waals surface area (Å²) in [5.74, 6) is -1.31. The van der Waals surface area contributed by atoms with Crippen LogP contribution in [0.1, 0.15) is 6.92 Å². The number of hydrogen-bond acceptors (Lipinski definition) is 6. The van der Waals surface area contributed by atoms with Crippen LogP contribution in [-0.4, -0.2) is 27.9 Å². The Morgan fingerprint density at radius 3 is 2.89 bits per heavy atom. The molecule has 19 heavy (non-hydrogen) atoms. The molecule has 0 aliphatic heterocycles. The quantitative estimate of drug-likeness (QED) is 0.785. The molecule has 2 aromatic rings. The minimum atomic E-state index is -0.788. The van der Waals surface area contributed by atoms with Crippen molar-refractivity contribution in [1.82, 2.24) is 4.98 Å². The fourth-order valence-electron chi connectivity index (χ4n) is 1.45. The average Bonchev–Trinajstić information content (AvgIpc) is 2.68. The molecule has 0 saturated carbocycles. The summed E-state index contributed by atoms with van der Waals surface area (Å²) in [5, 5.41) is 21.6. The van der Waals surface area contributed by atoms with Crippen LogP contribution in [0, 0.1) is 0 Å². The number of aromatic hydroxyl groups is 2. The highest BCUT2D eigenvalue weighted by molar-refractivity contribution is 5.87. The first-order valence-corrected chi connectivity index (χ1v) is 5.52. The Balaban J connectivity index is 2.31. The number of furan rings is 1. The number of nitrogens with one attached hydrogen (secondary N) is 1. The zero-order valence-electron chi connectivity index (χ0n) is 10.1. The Morgan fingerprint density at radius 1 is 1.47 bits per heavy atom. The summed E-state index contributed by atoms with van der Waals surface area (Å²) < 4.78 is 9.84. The van der Waals surface area contributed by atoms with E-state index in [4.69, 9.17) is 4.42 Å². The number of anilines is 1. The standard InChI is InChI=1S/C12H12N2O5/c1-2-18-12(17)14-11-9(16)8(15)10(19-11)7-4-3-5-13-6-7/h3-6,15-16H,2H2,1H3,(H,14,17). The Hall–Kier alpha value is -2.70. The second kappa shape index (κ2) is 5.30. The first kappa shape index (κ1) is 12.7. The molecule has 0 unspecified atom stereocenters. The lowest BCUT2D eigenvalue weighted by molar-refractivity contribution is 0.167. The predicted molar refractivity (Wildman–Crippen MR) is 65.9 cm³/mol. The summed E-state index contributed by atoms with van der Waals surface area (Å²) >= 11 is 0. The molecule has 100 valence electrons. The van der Waals surface area contributed by atoms with Crippen molar-refractivity contribution in [2.75, 3.05) is 11.9 Å². The third kappa shape index (κ3) is 2.59. The average molecular weight is 264 g/mol. The number of carbonyl (C=O) groups is 1. The van der Waals surface area contributed by atoms with Crippen LogP contribution >= 0.6 is 0 Å². The van der Waals surface area contributed by atoms with Gasteiger partial charge in [-0.25, -0.2) is 4.79 Å². The molecule has 0 spiro atoms. The molecule has 2 aromatic heterocycles. The minimum absolute atomic E-state index is 0.0115. The number of nitrogens with zero attached hydrogens (tertiary/aromatic N) is 1. The zero-order valence-corrected chi connectivity index (χ0v) is 10.1. The minimum Gasteiger partial charge on any atom is -0.502 e. The summed E-state index contributed by atoms with van der Waals surface area (Å²) in [4.78, 5) is 15.1. The van der Waals surface area contributed by atoms with Gasteiger partial charge in [-0.1, -0.05) is 0 Å². The predicted octanol–water partition coefficient (Wildman–Crippen LogP) is 2.32. The zero-order chi connectivity index (χ0) is 13.8. The van der Waals surface area contributed by atoms with E-state index < -0.39 is 17.6 Å².